The van der Waals surface area contributed by atoms with Gasteiger partial charge in [0.1, 0.15) is 23.3 Å². The maximum atomic E-state index is 12.6. The SMILES string of the molecule is N#C/C(=C\c1ccc(OCc2ccc(Cl)cc2)cc1)S(=O)(=O)c1ccccc1. The molecule has 140 valence electrons. The van der Waals surface area contributed by atoms with E-state index in [9.17, 15) is 13.7 Å². The quantitative estimate of drug-likeness (QED) is 0.521. The smallest absolute Gasteiger partial charge is 0.216 e. The molecule has 6 heteroatoms. The van der Waals surface area contributed by atoms with Crippen molar-refractivity contribution >= 4 is 27.5 Å². The van der Waals surface area contributed by atoms with E-state index in [4.69, 9.17) is 16.3 Å². The molecule has 28 heavy (non-hydrogen) atoms. The molecule has 0 aliphatic rings. The molecule has 4 nitrogen and oxygen atoms in total. The Morgan fingerprint density at radius 3 is 2.21 bits per heavy atom. The van der Waals surface area contributed by atoms with Crippen LogP contribution in [0.1, 0.15) is 11.1 Å². The predicted molar refractivity (Wildman–Crippen MR) is 109 cm³/mol. The molecule has 0 aliphatic heterocycles. The third-order valence-electron chi connectivity index (χ3n) is 3.95. The molecule has 0 aromatic heterocycles. The van der Waals surface area contributed by atoms with Gasteiger partial charge in [-0.05, 0) is 53.6 Å². The summed E-state index contributed by atoms with van der Waals surface area (Å²) in [5.74, 6) is 0.636. The van der Waals surface area contributed by atoms with Crippen LogP contribution in [0.5, 0.6) is 5.75 Å². The van der Waals surface area contributed by atoms with E-state index in [0.29, 0.717) is 22.9 Å². The van der Waals surface area contributed by atoms with Crippen LogP contribution in [0.25, 0.3) is 6.08 Å². The average molecular weight is 410 g/mol. The van der Waals surface area contributed by atoms with Crippen LogP contribution in [-0.4, -0.2) is 8.42 Å². The Balaban J connectivity index is 1.75. The highest BCUT2D eigenvalue weighted by Gasteiger charge is 2.20. The van der Waals surface area contributed by atoms with Gasteiger partial charge in [-0.25, -0.2) is 8.42 Å². The molecule has 0 spiro atoms. The van der Waals surface area contributed by atoms with Gasteiger partial charge in [-0.2, -0.15) is 5.26 Å². The monoisotopic (exact) mass is 409 g/mol. The number of allylic oxidation sites excluding steroid dienone is 1. The number of nitrogens with zero attached hydrogens (tertiary/aromatic N) is 1. The lowest BCUT2D eigenvalue weighted by Gasteiger charge is -2.07. The number of rotatable bonds is 6. The molecule has 0 saturated heterocycles. The van der Waals surface area contributed by atoms with Crippen molar-refractivity contribution in [2.75, 3.05) is 0 Å². The second-order valence-electron chi connectivity index (χ2n) is 5.92. The van der Waals surface area contributed by atoms with Crippen LogP contribution in [0.3, 0.4) is 0 Å². The van der Waals surface area contributed by atoms with Crippen molar-refractivity contribution in [3.63, 3.8) is 0 Å². The van der Waals surface area contributed by atoms with E-state index in [1.54, 1.807) is 60.7 Å². The highest BCUT2D eigenvalue weighted by Crippen LogP contribution is 2.22. The fourth-order valence-electron chi connectivity index (χ4n) is 2.46. The van der Waals surface area contributed by atoms with Crippen molar-refractivity contribution in [3.05, 3.63) is 99.9 Å². The van der Waals surface area contributed by atoms with E-state index in [2.05, 4.69) is 0 Å². The Morgan fingerprint density at radius 2 is 1.61 bits per heavy atom. The zero-order valence-electron chi connectivity index (χ0n) is 14.7. The van der Waals surface area contributed by atoms with E-state index in [1.165, 1.54) is 18.2 Å². The molecule has 0 unspecified atom stereocenters. The summed E-state index contributed by atoms with van der Waals surface area (Å²) < 4.78 is 30.9. The Morgan fingerprint density at radius 1 is 0.964 bits per heavy atom. The Kier molecular flexibility index (Phi) is 6.15. The van der Waals surface area contributed by atoms with E-state index < -0.39 is 9.84 Å². The minimum atomic E-state index is -3.85. The second kappa shape index (κ2) is 8.75. The Hall–Kier alpha value is -3.07. The fraction of sp³-hybridized carbons (Fsp3) is 0.0455. The first-order chi connectivity index (χ1) is 13.5. The van der Waals surface area contributed by atoms with Crippen molar-refractivity contribution < 1.29 is 13.2 Å². The number of sulfone groups is 1. The lowest BCUT2D eigenvalue weighted by atomic mass is 10.2. The minimum Gasteiger partial charge on any atom is -0.489 e. The van der Waals surface area contributed by atoms with Crippen LogP contribution in [0.15, 0.2) is 88.7 Å². The van der Waals surface area contributed by atoms with Crippen molar-refractivity contribution in [1.82, 2.24) is 0 Å². The van der Waals surface area contributed by atoms with E-state index >= 15 is 0 Å². The average Bonchev–Trinajstić information content (AvgIpc) is 2.73. The Labute approximate surface area is 169 Å². The van der Waals surface area contributed by atoms with Gasteiger partial charge in [0.05, 0.1) is 4.90 Å². The first-order valence-electron chi connectivity index (χ1n) is 8.38. The summed E-state index contributed by atoms with van der Waals surface area (Å²) in [6.07, 6.45) is 1.35. The molecule has 3 aromatic rings. The van der Waals surface area contributed by atoms with Crippen LogP contribution >= 0.6 is 11.6 Å². The molecular formula is C22H16ClNO3S. The fourth-order valence-corrected chi connectivity index (χ4v) is 3.76. The summed E-state index contributed by atoms with van der Waals surface area (Å²) in [5.41, 5.74) is 1.57. The number of benzene rings is 3. The third-order valence-corrected chi connectivity index (χ3v) is 5.88. The molecular weight excluding hydrogens is 394 g/mol. The summed E-state index contributed by atoms with van der Waals surface area (Å²) in [7, 11) is -3.85. The van der Waals surface area contributed by atoms with Crippen LogP contribution in [0.4, 0.5) is 0 Å². The lowest BCUT2D eigenvalue weighted by Crippen LogP contribution is -2.03. The van der Waals surface area contributed by atoms with Gasteiger partial charge in [0.25, 0.3) is 0 Å². The number of ether oxygens (including phenoxy) is 1. The normalized spacial score (nSPS) is 11.6. The number of hydrogen-bond donors (Lipinski definition) is 0. The molecule has 0 atom stereocenters. The van der Waals surface area contributed by atoms with Gasteiger partial charge in [-0.15, -0.1) is 0 Å². The van der Waals surface area contributed by atoms with E-state index in [-0.39, 0.29) is 9.80 Å². The maximum absolute atomic E-state index is 12.6. The highest BCUT2D eigenvalue weighted by molar-refractivity contribution is 7.95. The highest BCUT2D eigenvalue weighted by atomic mass is 35.5. The molecule has 0 heterocycles. The summed E-state index contributed by atoms with van der Waals surface area (Å²) in [5, 5.41) is 10.0. The minimum absolute atomic E-state index is 0.0886. The molecule has 0 amide bonds. The van der Waals surface area contributed by atoms with Crippen molar-refractivity contribution in [2.45, 2.75) is 11.5 Å². The zero-order chi connectivity index (χ0) is 20.0. The van der Waals surface area contributed by atoms with Crippen LogP contribution in [0.2, 0.25) is 5.02 Å². The predicted octanol–water partition coefficient (Wildman–Crippen LogP) is 5.26. The molecule has 0 saturated carbocycles. The summed E-state index contributed by atoms with van der Waals surface area (Å²) in [6.45, 7) is 0.387. The molecule has 0 aliphatic carbocycles. The van der Waals surface area contributed by atoms with Gasteiger partial charge in [0.2, 0.25) is 9.84 Å². The molecule has 0 radical (unpaired) electrons. The maximum Gasteiger partial charge on any atom is 0.216 e. The van der Waals surface area contributed by atoms with Gasteiger partial charge in [0.15, 0.2) is 0 Å². The first kappa shape index (κ1) is 19.7. The van der Waals surface area contributed by atoms with Crippen LogP contribution in [0, 0.1) is 11.3 Å². The molecule has 3 aromatic carbocycles. The van der Waals surface area contributed by atoms with Crippen molar-refractivity contribution in [3.8, 4) is 11.8 Å². The molecule has 3 rings (SSSR count). The first-order valence-corrected chi connectivity index (χ1v) is 10.2. The van der Waals surface area contributed by atoms with Crippen LogP contribution in [-0.2, 0) is 16.4 Å². The number of hydrogen-bond acceptors (Lipinski definition) is 4. The van der Waals surface area contributed by atoms with Crippen LogP contribution < -0.4 is 4.74 Å². The standard InChI is InChI=1S/C22H16ClNO3S/c23-19-10-6-18(7-11-19)16-27-20-12-8-17(9-13-20)14-22(15-24)28(25,26)21-4-2-1-3-5-21/h1-14H,16H2/b22-14+. The summed E-state index contributed by atoms with van der Waals surface area (Å²) >= 11 is 5.86. The number of nitriles is 1. The van der Waals surface area contributed by atoms with Crippen molar-refractivity contribution in [2.24, 2.45) is 0 Å². The van der Waals surface area contributed by atoms with Gasteiger partial charge >= 0.3 is 0 Å². The van der Waals surface area contributed by atoms with Crippen molar-refractivity contribution in [1.29, 1.82) is 5.26 Å². The second-order valence-corrected chi connectivity index (χ2v) is 8.28. The number of halogens is 1. The largest absolute Gasteiger partial charge is 0.489 e. The van der Waals surface area contributed by atoms with Gasteiger partial charge in [0, 0.05) is 5.02 Å². The zero-order valence-corrected chi connectivity index (χ0v) is 16.3. The van der Waals surface area contributed by atoms with E-state index in [0.717, 1.165) is 5.56 Å². The van der Waals surface area contributed by atoms with Gasteiger partial charge in [-0.1, -0.05) is 54.1 Å². The van der Waals surface area contributed by atoms with E-state index in [1.807, 2.05) is 12.1 Å². The van der Waals surface area contributed by atoms with Gasteiger partial charge < -0.3 is 4.74 Å². The lowest BCUT2D eigenvalue weighted by molar-refractivity contribution is 0.306. The topological polar surface area (TPSA) is 67.2 Å². The summed E-state index contributed by atoms with van der Waals surface area (Å²) in [4.78, 5) is -0.223. The Bertz CT molecular complexity index is 1120. The van der Waals surface area contributed by atoms with Gasteiger partial charge in [-0.3, -0.25) is 0 Å². The molecule has 0 N–H and O–H groups in total. The summed E-state index contributed by atoms with van der Waals surface area (Å²) in [6, 6.07) is 23.9. The third kappa shape index (κ3) is 4.80. The molecule has 0 fully saturated rings. The molecule has 0 bridgehead atoms.